The van der Waals surface area contributed by atoms with Gasteiger partial charge in [0.25, 0.3) is 5.91 Å². The monoisotopic (exact) mass is 259 g/mol. The van der Waals surface area contributed by atoms with Crippen molar-refractivity contribution < 1.29 is 28.2 Å². The summed E-state index contributed by atoms with van der Waals surface area (Å²) in [5, 5.41) is 8.46. The van der Waals surface area contributed by atoms with Crippen LogP contribution in [0.3, 0.4) is 0 Å². The Bertz CT molecular complexity index is 444. The van der Waals surface area contributed by atoms with Gasteiger partial charge in [0.05, 0.1) is 0 Å². The molecule has 7 heteroatoms. The molecular formula is C11H11F2NO4. The van der Waals surface area contributed by atoms with E-state index in [2.05, 4.69) is 0 Å². The van der Waals surface area contributed by atoms with Crippen molar-refractivity contribution in [3.05, 3.63) is 29.8 Å². The first kappa shape index (κ1) is 13.9. The van der Waals surface area contributed by atoms with Crippen LogP contribution in [0, 0.1) is 11.6 Å². The molecule has 0 bridgehead atoms. The Morgan fingerprint density at radius 1 is 1.28 bits per heavy atom. The molecule has 0 aliphatic carbocycles. The van der Waals surface area contributed by atoms with E-state index in [1.54, 1.807) is 0 Å². The van der Waals surface area contributed by atoms with Gasteiger partial charge in [-0.05, 0) is 0 Å². The van der Waals surface area contributed by atoms with E-state index < -0.39 is 36.7 Å². The molecule has 0 saturated heterocycles. The number of ether oxygens (including phenoxy) is 1. The summed E-state index contributed by atoms with van der Waals surface area (Å²) < 4.78 is 30.4. The quantitative estimate of drug-likeness (QED) is 0.852. The van der Waals surface area contributed by atoms with Gasteiger partial charge in [-0.1, -0.05) is 0 Å². The third-order valence-corrected chi connectivity index (χ3v) is 2.00. The van der Waals surface area contributed by atoms with Crippen LogP contribution in [0.5, 0.6) is 5.75 Å². The summed E-state index contributed by atoms with van der Waals surface area (Å²) in [5.41, 5.74) is 0. The summed E-state index contributed by atoms with van der Waals surface area (Å²) in [7, 11) is 1.28. The van der Waals surface area contributed by atoms with E-state index in [4.69, 9.17) is 9.84 Å². The Kier molecular flexibility index (Phi) is 4.59. The van der Waals surface area contributed by atoms with Crippen molar-refractivity contribution in [2.45, 2.75) is 0 Å². The number of aliphatic carboxylic acids is 1. The molecule has 18 heavy (non-hydrogen) atoms. The molecule has 1 aromatic rings. The van der Waals surface area contributed by atoms with Gasteiger partial charge in [0.1, 0.15) is 23.9 Å². The van der Waals surface area contributed by atoms with Crippen molar-refractivity contribution in [2.24, 2.45) is 0 Å². The van der Waals surface area contributed by atoms with Gasteiger partial charge in [0.2, 0.25) is 0 Å². The van der Waals surface area contributed by atoms with Crippen LogP contribution in [0.15, 0.2) is 18.2 Å². The average molecular weight is 259 g/mol. The van der Waals surface area contributed by atoms with Crippen LogP contribution in [0.1, 0.15) is 0 Å². The first-order chi connectivity index (χ1) is 8.38. The Hall–Kier alpha value is -2.18. The molecule has 5 nitrogen and oxygen atoms in total. The lowest BCUT2D eigenvalue weighted by molar-refractivity contribution is -0.144. The Labute approximate surface area is 102 Å². The van der Waals surface area contributed by atoms with Crippen molar-refractivity contribution in [1.82, 2.24) is 4.90 Å². The Morgan fingerprint density at radius 2 is 1.83 bits per heavy atom. The second-order valence-electron chi connectivity index (χ2n) is 3.54. The highest BCUT2D eigenvalue weighted by Gasteiger charge is 2.13. The van der Waals surface area contributed by atoms with Crippen LogP contribution in [0.4, 0.5) is 8.78 Å². The van der Waals surface area contributed by atoms with E-state index in [0.29, 0.717) is 6.07 Å². The van der Waals surface area contributed by atoms with Crippen LogP contribution in [0.25, 0.3) is 0 Å². The number of rotatable bonds is 5. The first-order valence-corrected chi connectivity index (χ1v) is 4.93. The lowest BCUT2D eigenvalue weighted by Gasteiger charge is -2.14. The predicted molar refractivity (Wildman–Crippen MR) is 57.1 cm³/mol. The van der Waals surface area contributed by atoms with Crippen LogP contribution >= 0.6 is 0 Å². The summed E-state index contributed by atoms with van der Waals surface area (Å²) >= 11 is 0. The highest BCUT2D eigenvalue weighted by molar-refractivity contribution is 5.82. The van der Waals surface area contributed by atoms with E-state index in [1.807, 2.05) is 0 Å². The SMILES string of the molecule is CN(CC(=O)O)C(=O)COc1cc(F)cc(F)c1. The van der Waals surface area contributed by atoms with Crippen LogP contribution in [-0.4, -0.2) is 42.1 Å². The molecule has 0 fully saturated rings. The Morgan fingerprint density at radius 3 is 2.33 bits per heavy atom. The largest absolute Gasteiger partial charge is 0.484 e. The summed E-state index contributed by atoms with van der Waals surface area (Å²) in [4.78, 5) is 22.6. The smallest absolute Gasteiger partial charge is 0.323 e. The molecule has 1 rings (SSSR count). The number of nitrogens with zero attached hydrogens (tertiary/aromatic N) is 1. The number of amides is 1. The molecule has 1 aromatic carbocycles. The minimum absolute atomic E-state index is 0.135. The fourth-order valence-electron chi connectivity index (χ4n) is 1.16. The van der Waals surface area contributed by atoms with Crippen molar-refractivity contribution in [3.8, 4) is 5.75 Å². The van der Waals surface area contributed by atoms with E-state index >= 15 is 0 Å². The lowest BCUT2D eigenvalue weighted by atomic mass is 10.3. The standard InChI is InChI=1S/C11H11F2NO4/c1-14(5-11(16)17)10(15)6-18-9-3-7(12)2-8(13)4-9/h2-4H,5-6H2,1H3,(H,16,17). The number of benzene rings is 1. The molecule has 0 radical (unpaired) electrons. The van der Waals surface area contributed by atoms with Gasteiger partial charge in [0.15, 0.2) is 6.61 Å². The molecule has 1 N–H and O–H groups in total. The summed E-state index contributed by atoms with van der Waals surface area (Å²) in [6.45, 7) is -0.966. The molecule has 0 aromatic heterocycles. The molecule has 0 aliphatic heterocycles. The maximum absolute atomic E-state index is 12.8. The van der Waals surface area contributed by atoms with E-state index in [1.165, 1.54) is 7.05 Å². The lowest BCUT2D eigenvalue weighted by Crippen LogP contribution is -2.35. The van der Waals surface area contributed by atoms with Gasteiger partial charge < -0.3 is 14.7 Å². The predicted octanol–water partition coefficient (Wildman–Crippen LogP) is 0.887. The second-order valence-corrected chi connectivity index (χ2v) is 3.54. The summed E-state index contributed by atoms with van der Waals surface area (Å²) in [5.74, 6) is -3.55. The molecule has 1 amide bonds. The highest BCUT2D eigenvalue weighted by Crippen LogP contribution is 2.15. The van der Waals surface area contributed by atoms with Gasteiger partial charge in [-0.25, -0.2) is 8.78 Å². The summed E-state index contributed by atoms with van der Waals surface area (Å²) in [6, 6.07) is 2.52. The van der Waals surface area contributed by atoms with Gasteiger partial charge in [-0.2, -0.15) is 0 Å². The number of hydrogen-bond donors (Lipinski definition) is 1. The first-order valence-electron chi connectivity index (χ1n) is 4.93. The number of carboxylic acid groups (broad SMARTS) is 1. The number of carboxylic acids is 1. The normalized spacial score (nSPS) is 9.94. The Balaban J connectivity index is 2.54. The average Bonchev–Trinajstić information content (AvgIpc) is 2.23. The van der Waals surface area contributed by atoms with E-state index in [-0.39, 0.29) is 5.75 Å². The number of halogens is 2. The molecule has 98 valence electrons. The second kappa shape index (κ2) is 5.95. The van der Waals surface area contributed by atoms with Gasteiger partial charge in [-0.15, -0.1) is 0 Å². The zero-order valence-electron chi connectivity index (χ0n) is 9.52. The third-order valence-electron chi connectivity index (χ3n) is 2.00. The third kappa shape index (κ3) is 4.36. The van der Waals surface area contributed by atoms with Gasteiger partial charge in [-0.3, -0.25) is 9.59 Å². The maximum Gasteiger partial charge on any atom is 0.323 e. The highest BCUT2D eigenvalue weighted by atomic mass is 19.1. The molecule has 0 saturated carbocycles. The van der Waals surface area contributed by atoms with E-state index in [9.17, 15) is 18.4 Å². The van der Waals surface area contributed by atoms with Gasteiger partial charge >= 0.3 is 5.97 Å². The van der Waals surface area contributed by atoms with Crippen LogP contribution in [-0.2, 0) is 9.59 Å². The minimum Gasteiger partial charge on any atom is -0.484 e. The topological polar surface area (TPSA) is 66.8 Å². The number of likely N-dealkylation sites (N-methyl/N-ethyl adjacent to an activating group) is 1. The van der Waals surface area contributed by atoms with Gasteiger partial charge in [0, 0.05) is 25.2 Å². The van der Waals surface area contributed by atoms with Crippen LogP contribution in [0.2, 0.25) is 0 Å². The maximum atomic E-state index is 12.8. The molecule has 0 unspecified atom stereocenters. The van der Waals surface area contributed by atoms with Crippen molar-refractivity contribution >= 4 is 11.9 Å². The number of carbonyl (C=O) groups is 2. The van der Waals surface area contributed by atoms with Crippen LogP contribution < -0.4 is 4.74 Å². The zero-order valence-corrected chi connectivity index (χ0v) is 9.52. The van der Waals surface area contributed by atoms with Crippen molar-refractivity contribution in [1.29, 1.82) is 0 Å². The van der Waals surface area contributed by atoms with Crippen molar-refractivity contribution in [3.63, 3.8) is 0 Å². The van der Waals surface area contributed by atoms with E-state index in [0.717, 1.165) is 17.0 Å². The van der Waals surface area contributed by atoms with Crippen molar-refractivity contribution in [2.75, 3.05) is 20.2 Å². The molecule has 0 spiro atoms. The zero-order chi connectivity index (χ0) is 13.7. The molecular weight excluding hydrogens is 248 g/mol. The number of carbonyl (C=O) groups excluding carboxylic acids is 1. The molecule has 0 heterocycles. The minimum atomic E-state index is -1.16. The summed E-state index contributed by atoms with van der Waals surface area (Å²) in [6.07, 6.45) is 0. The fourth-order valence-corrected chi connectivity index (χ4v) is 1.16. The fraction of sp³-hybridized carbons (Fsp3) is 0.273. The number of hydrogen-bond acceptors (Lipinski definition) is 3. The molecule has 0 atom stereocenters. The molecule has 0 aliphatic rings.